The highest BCUT2D eigenvalue weighted by atomic mass is 16.5. The summed E-state index contributed by atoms with van der Waals surface area (Å²) in [6.07, 6.45) is 3.39. The van der Waals surface area contributed by atoms with Gasteiger partial charge in [0.2, 0.25) is 0 Å². The van der Waals surface area contributed by atoms with Crippen molar-refractivity contribution in [2.24, 2.45) is 0 Å². The number of ether oxygens (including phenoxy) is 2. The van der Waals surface area contributed by atoms with E-state index >= 15 is 0 Å². The first-order valence-corrected chi connectivity index (χ1v) is 6.37. The van der Waals surface area contributed by atoms with Gasteiger partial charge in [-0.1, -0.05) is 12.1 Å². The van der Waals surface area contributed by atoms with E-state index in [0.29, 0.717) is 5.75 Å². The van der Waals surface area contributed by atoms with Crippen molar-refractivity contribution >= 4 is 6.08 Å². The monoisotopic (exact) mass is 270 g/mol. The fourth-order valence-corrected chi connectivity index (χ4v) is 1.86. The maximum atomic E-state index is 9.57. The van der Waals surface area contributed by atoms with Crippen LogP contribution in [0.25, 0.3) is 6.08 Å². The van der Waals surface area contributed by atoms with Crippen LogP contribution in [-0.2, 0) is 0 Å². The SMILES string of the molecule is COc1cc(O)cc(/C=C/Oc2cccc(C)c2C)c1. The molecule has 0 unspecified atom stereocenters. The first-order valence-electron chi connectivity index (χ1n) is 6.37. The minimum atomic E-state index is 0.163. The van der Waals surface area contributed by atoms with Gasteiger partial charge in [-0.2, -0.15) is 0 Å². The Morgan fingerprint density at radius 1 is 1.10 bits per heavy atom. The van der Waals surface area contributed by atoms with Crippen molar-refractivity contribution in [1.82, 2.24) is 0 Å². The summed E-state index contributed by atoms with van der Waals surface area (Å²) in [4.78, 5) is 0. The lowest BCUT2D eigenvalue weighted by Gasteiger charge is -2.07. The average Bonchev–Trinajstić information content (AvgIpc) is 2.43. The van der Waals surface area contributed by atoms with Crippen molar-refractivity contribution < 1.29 is 14.6 Å². The number of aryl methyl sites for hydroxylation is 1. The Morgan fingerprint density at radius 3 is 2.65 bits per heavy atom. The van der Waals surface area contributed by atoms with Crippen LogP contribution in [0.15, 0.2) is 42.7 Å². The Hall–Kier alpha value is -2.42. The van der Waals surface area contributed by atoms with Gasteiger partial charge in [-0.3, -0.25) is 0 Å². The van der Waals surface area contributed by atoms with Crippen LogP contribution in [0, 0.1) is 13.8 Å². The van der Waals surface area contributed by atoms with Crippen LogP contribution in [0.4, 0.5) is 0 Å². The molecule has 0 amide bonds. The lowest BCUT2D eigenvalue weighted by Crippen LogP contribution is -1.89. The van der Waals surface area contributed by atoms with Crippen molar-refractivity contribution in [2.75, 3.05) is 7.11 Å². The predicted molar refractivity (Wildman–Crippen MR) is 80.2 cm³/mol. The number of rotatable bonds is 4. The minimum absolute atomic E-state index is 0.163. The third kappa shape index (κ3) is 3.32. The molecule has 0 radical (unpaired) electrons. The second-order valence-electron chi connectivity index (χ2n) is 4.58. The van der Waals surface area contributed by atoms with Crippen molar-refractivity contribution in [3.63, 3.8) is 0 Å². The molecular formula is C17H18O3. The molecule has 0 saturated carbocycles. The number of methoxy groups -OCH3 is 1. The van der Waals surface area contributed by atoms with Gasteiger partial charge in [-0.15, -0.1) is 0 Å². The van der Waals surface area contributed by atoms with E-state index in [1.165, 1.54) is 5.56 Å². The number of hydrogen-bond acceptors (Lipinski definition) is 3. The maximum absolute atomic E-state index is 9.57. The van der Waals surface area contributed by atoms with Crippen LogP contribution < -0.4 is 9.47 Å². The van der Waals surface area contributed by atoms with Crippen molar-refractivity contribution in [1.29, 1.82) is 0 Å². The van der Waals surface area contributed by atoms with Gasteiger partial charge in [0.1, 0.15) is 17.2 Å². The van der Waals surface area contributed by atoms with Crippen LogP contribution in [0.5, 0.6) is 17.2 Å². The molecule has 0 aromatic heterocycles. The number of aromatic hydroxyl groups is 1. The number of hydrogen-bond donors (Lipinski definition) is 1. The molecular weight excluding hydrogens is 252 g/mol. The molecule has 3 heteroatoms. The van der Waals surface area contributed by atoms with Gasteiger partial charge in [0.25, 0.3) is 0 Å². The number of benzene rings is 2. The summed E-state index contributed by atoms with van der Waals surface area (Å²) >= 11 is 0. The van der Waals surface area contributed by atoms with Crippen LogP contribution >= 0.6 is 0 Å². The molecule has 0 aliphatic heterocycles. The Morgan fingerprint density at radius 2 is 1.90 bits per heavy atom. The third-order valence-electron chi connectivity index (χ3n) is 3.16. The molecule has 0 saturated heterocycles. The van der Waals surface area contributed by atoms with Crippen LogP contribution in [0.2, 0.25) is 0 Å². The number of phenols is 1. The zero-order valence-electron chi connectivity index (χ0n) is 11.9. The standard InChI is InChI=1S/C17H18O3/c1-12-5-4-6-17(13(12)2)20-8-7-14-9-15(18)11-16(10-14)19-3/h4-11,18H,1-3H3/b8-7+. The molecule has 20 heavy (non-hydrogen) atoms. The van der Waals surface area contributed by atoms with Crippen molar-refractivity contribution in [2.45, 2.75) is 13.8 Å². The lowest BCUT2D eigenvalue weighted by molar-refractivity contribution is 0.407. The van der Waals surface area contributed by atoms with E-state index in [2.05, 4.69) is 0 Å². The third-order valence-corrected chi connectivity index (χ3v) is 3.16. The summed E-state index contributed by atoms with van der Waals surface area (Å²) in [6, 6.07) is 11.0. The first kappa shape index (κ1) is 14.0. The average molecular weight is 270 g/mol. The molecule has 3 nitrogen and oxygen atoms in total. The van der Waals surface area contributed by atoms with E-state index in [1.807, 2.05) is 38.1 Å². The van der Waals surface area contributed by atoms with E-state index in [4.69, 9.17) is 9.47 Å². The highest BCUT2D eigenvalue weighted by molar-refractivity contribution is 5.54. The highest BCUT2D eigenvalue weighted by Gasteiger charge is 2.00. The summed E-state index contributed by atoms with van der Waals surface area (Å²) in [5, 5.41) is 9.57. The molecule has 0 spiro atoms. The van der Waals surface area contributed by atoms with Gasteiger partial charge in [-0.25, -0.2) is 0 Å². The second kappa shape index (κ2) is 6.15. The molecule has 0 heterocycles. The first-order chi connectivity index (χ1) is 9.60. The van der Waals surface area contributed by atoms with Gasteiger partial charge in [0.05, 0.1) is 13.4 Å². The molecule has 1 N–H and O–H groups in total. The van der Waals surface area contributed by atoms with Crippen LogP contribution in [-0.4, -0.2) is 12.2 Å². The minimum Gasteiger partial charge on any atom is -0.508 e. The predicted octanol–water partition coefficient (Wildman–Crippen LogP) is 4.07. The second-order valence-corrected chi connectivity index (χ2v) is 4.58. The van der Waals surface area contributed by atoms with Gasteiger partial charge < -0.3 is 14.6 Å². The molecule has 104 valence electrons. The molecule has 0 fully saturated rings. The summed E-state index contributed by atoms with van der Waals surface area (Å²) in [5.74, 6) is 1.60. The largest absolute Gasteiger partial charge is 0.508 e. The van der Waals surface area contributed by atoms with Gasteiger partial charge in [-0.05, 0) is 54.8 Å². The summed E-state index contributed by atoms with van der Waals surface area (Å²) < 4.78 is 10.7. The number of phenolic OH excluding ortho intramolecular Hbond substituents is 1. The molecule has 0 atom stereocenters. The van der Waals surface area contributed by atoms with Crippen molar-refractivity contribution in [3.8, 4) is 17.2 Å². The highest BCUT2D eigenvalue weighted by Crippen LogP contribution is 2.23. The fourth-order valence-electron chi connectivity index (χ4n) is 1.86. The molecule has 0 bridgehead atoms. The summed E-state index contributed by atoms with van der Waals surface area (Å²) in [7, 11) is 1.56. The van der Waals surface area contributed by atoms with Crippen molar-refractivity contribution in [3.05, 3.63) is 59.4 Å². The van der Waals surface area contributed by atoms with E-state index in [1.54, 1.807) is 31.6 Å². The van der Waals surface area contributed by atoms with Gasteiger partial charge in [0, 0.05) is 6.07 Å². The maximum Gasteiger partial charge on any atom is 0.129 e. The zero-order chi connectivity index (χ0) is 14.5. The topological polar surface area (TPSA) is 38.7 Å². The van der Waals surface area contributed by atoms with E-state index in [9.17, 15) is 5.11 Å². The van der Waals surface area contributed by atoms with Crippen LogP contribution in [0.1, 0.15) is 16.7 Å². The quantitative estimate of drug-likeness (QED) is 0.851. The molecule has 2 aromatic carbocycles. The van der Waals surface area contributed by atoms with E-state index in [-0.39, 0.29) is 5.75 Å². The smallest absolute Gasteiger partial charge is 0.129 e. The van der Waals surface area contributed by atoms with Gasteiger partial charge in [0.15, 0.2) is 0 Å². The van der Waals surface area contributed by atoms with E-state index in [0.717, 1.165) is 16.9 Å². The molecule has 0 aliphatic carbocycles. The lowest BCUT2D eigenvalue weighted by atomic mass is 10.1. The summed E-state index contributed by atoms with van der Waals surface area (Å²) in [6.45, 7) is 4.07. The Labute approximate surface area is 119 Å². The zero-order valence-corrected chi connectivity index (χ0v) is 11.9. The Balaban J connectivity index is 2.14. The molecule has 2 rings (SSSR count). The Kier molecular flexibility index (Phi) is 4.31. The molecule has 2 aromatic rings. The van der Waals surface area contributed by atoms with Crippen LogP contribution in [0.3, 0.4) is 0 Å². The summed E-state index contributed by atoms with van der Waals surface area (Å²) in [5.41, 5.74) is 3.12. The fraction of sp³-hybridized carbons (Fsp3) is 0.176. The molecule has 0 aliphatic rings. The Bertz CT molecular complexity index is 630. The van der Waals surface area contributed by atoms with E-state index < -0.39 is 0 Å². The van der Waals surface area contributed by atoms with Gasteiger partial charge >= 0.3 is 0 Å². The normalized spacial score (nSPS) is 10.8.